The molecule has 1 aliphatic rings. The van der Waals surface area contributed by atoms with Gasteiger partial charge in [0.15, 0.2) is 0 Å². The second kappa shape index (κ2) is 9.36. The van der Waals surface area contributed by atoms with Gasteiger partial charge in [0.05, 0.1) is 0 Å². The summed E-state index contributed by atoms with van der Waals surface area (Å²) in [7, 11) is 1.82. The third kappa shape index (κ3) is 5.10. The summed E-state index contributed by atoms with van der Waals surface area (Å²) in [5, 5.41) is 0. The smallest absolute Gasteiger partial charge is 0.245 e. The van der Waals surface area contributed by atoms with Crippen molar-refractivity contribution in [1.82, 2.24) is 9.80 Å². The third-order valence-electron chi connectivity index (χ3n) is 5.88. The molecule has 2 N–H and O–H groups in total. The highest BCUT2D eigenvalue weighted by Crippen LogP contribution is 2.26. The van der Waals surface area contributed by atoms with E-state index in [9.17, 15) is 9.59 Å². The second-order valence-electron chi connectivity index (χ2n) is 8.22. The summed E-state index contributed by atoms with van der Waals surface area (Å²) in [4.78, 5) is 29.7. The molecule has 1 aromatic carbocycles. The van der Waals surface area contributed by atoms with Gasteiger partial charge in [0.25, 0.3) is 0 Å². The van der Waals surface area contributed by atoms with Crippen molar-refractivity contribution in [3.63, 3.8) is 0 Å². The van der Waals surface area contributed by atoms with E-state index in [4.69, 9.17) is 5.73 Å². The molecule has 0 fully saturated rings. The molecular formula is C22H35N3O2. The Morgan fingerprint density at radius 1 is 1.22 bits per heavy atom. The van der Waals surface area contributed by atoms with Gasteiger partial charge in [-0.2, -0.15) is 0 Å². The lowest BCUT2D eigenvalue weighted by atomic mass is 9.91. The van der Waals surface area contributed by atoms with E-state index in [2.05, 4.69) is 26.0 Å². The molecular weight excluding hydrogens is 338 g/mol. The number of carbonyl (C=O) groups excluding carboxylic acids is 2. The van der Waals surface area contributed by atoms with Crippen LogP contribution in [0.1, 0.15) is 51.7 Å². The van der Waals surface area contributed by atoms with E-state index in [1.54, 1.807) is 9.80 Å². The van der Waals surface area contributed by atoms with Crippen LogP contribution in [0.5, 0.6) is 0 Å². The molecule has 3 unspecified atom stereocenters. The van der Waals surface area contributed by atoms with Gasteiger partial charge in [-0.05, 0) is 29.9 Å². The van der Waals surface area contributed by atoms with Crippen molar-refractivity contribution >= 4 is 11.8 Å². The monoisotopic (exact) mass is 373 g/mol. The zero-order valence-electron chi connectivity index (χ0n) is 17.4. The van der Waals surface area contributed by atoms with Crippen molar-refractivity contribution < 1.29 is 9.59 Å². The molecule has 1 heterocycles. The molecule has 2 amide bonds. The Labute approximate surface area is 163 Å². The van der Waals surface area contributed by atoms with Crippen LogP contribution < -0.4 is 5.73 Å². The molecule has 0 saturated carbocycles. The van der Waals surface area contributed by atoms with Gasteiger partial charge < -0.3 is 15.5 Å². The zero-order valence-corrected chi connectivity index (χ0v) is 17.4. The quantitative estimate of drug-likeness (QED) is 0.799. The maximum atomic E-state index is 13.2. The molecule has 0 aliphatic carbocycles. The molecule has 3 atom stereocenters. The first kappa shape index (κ1) is 21.4. The van der Waals surface area contributed by atoms with Crippen LogP contribution in [0.15, 0.2) is 24.3 Å². The average molecular weight is 374 g/mol. The zero-order chi connectivity index (χ0) is 20.1. The SMILES string of the molecule is CCC(C)C(=O)N1Cc2ccccc2CC1C(=O)N(C)CCC(N)C(C)C. The van der Waals surface area contributed by atoms with Crippen molar-refractivity contribution in [3.8, 4) is 0 Å². The fourth-order valence-electron chi connectivity index (χ4n) is 3.47. The lowest BCUT2D eigenvalue weighted by Gasteiger charge is -2.39. The summed E-state index contributed by atoms with van der Waals surface area (Å²) in [6.07, 6.45) is 2.12. The largest absolute Gasteiger partial charge is 0.344 e. The second-order valence-corrected chi connectivity index (χ2v) is 8.22. The molecule has 1 aromatic rings. The van der Waals surface area contributed by atoms with E-state index in [1.165, 1.54) is 0 Å². The summed E-state index contributed by atoms with van der Waals surface area (Å²) >= 11 is 0. The first-order chi connectivity index (χ1) is 12.8. The number of hydrogen-bond acceptors (Lipinski definition) is 3. The number of fused-ring (bicyclic) bond motifs is 1. The number of rotatable bonds is 7. The van der Waals surface area contributed by atoms with Crippen LogP contribution in [0.4, 0.5) is 0 Å². The van der Waals surface area contributed by atoms with Crippen LogP contribution in [0.3, 0.4) is 0 Å². The molecule has 5 nitrogen and oxygen atoms in total. The van der Waals surface area contributed by atoms with E-state index >= 15 is 0 Å². The van der Waals surface area contributed by atoms with Gasteiger partial charge in [-0.1, -0.05) is 52.0 Å². The van der Waals surface area contributed by atoms with Crippen LogP contribution in [0.25, 0.3) is 0 Å². The minimum Gasteiger partial charge on any atom is -0.344 e. The summed E-state index contributed by atoms with van der Waals surface area (Å²) in [6, 6.07) is 7.75. The lowest BCUT2D eigenvalue weighted by Crippen LogP contribution is -2.54. The van der Waals surface area contributed by atoms with Crippen LogP contribution in [-0.4, -0.2) is 47.3 Å². The number of hydrogen-bond donors (Lipinski definition) is 1. The van der Waals surface area contributed by atoms with Gasteiger partial charge >= 0.3 is 0 Å². The molecule has 5 heteroatoms. The molecule has 2 rings (SSSR count). The Morgan fingerprint density at radius 3 is 2.44 bits per heavy atom. The predicted octanol–water partition coefficient (Wildman–Crippen LogP) is 2.82. The summed E-state index contributed by atoms with van der Waals surface area (Å²) in [5.41, 5.74) is 8.44. The van der Waals surface area contributed by atoms with E-state index in [1.807, 2.05) is 33.0 Å². The number of amides is 2. The fourth-order valence-corrected chi connectivity index (χ4v) is 3.47. The van der Waals surface area contributed by atoms with Gasteiger partial charge in [0.1, 0.15) is 6.04 Å². The van der Waals surface area contributed by atoms with Gasteiger partial charge in [-0.25, -0.2) is 0 Å². The summed E-state index contributed by atoms with van der Waals surface area (Å²) in [6.45, 7) is 9.26. The highest BCUT2D eigenvalue weighted by Gasteiger charge is 2.37. The van der Waals surface area contributed by atoms with Crippen molar-refractivity contribution in [2.24, 2.45) is 17.6 Å². The molecule has 0 aromatic heterocycles. The Kier molecular flexibility index (Phi) is 7.42. The van der Waals surface area contributed by atoms with Crippen LogP contribution in [0.2, 0.25) is 0 Å². The number of benzene rings is 1. The van der Waals surface area contributed by atoms with Crippen LogP contribution >= 0.6 is 0 Å². The van der Waals surface area contributed by atoms with E-state index in [0.29, 0.717) is 25.4 Å². The molecule has 0 radical (unpaired) electrons. The Bertz CT molecular complexity index is 659. The lowest BCUT2D eigenvalue weighted by molar-refractivity contribution is -0.148. The van der Waals surface area contributed by atoms with Gasteiger partial charge in [0.2, 0.25) is 11.8 Å². The van der Waals surface area contributed by atoms with E-state index < -0.39 is 6.04 Å². The van der Waals surface area contributed by atoms with Gasteiger partial charge in [-0.15, -0.1) is 0 Å². The van der Waals surface area contributed by atoms with Gasteiger partial charge in [-0.3, -0.25) is 9.59 Å². The first-order valence-corrected chi connectivity index (χ1v) is 10.1. The topological polar surface area (TPSA) is 66.6 Å². The fraction of sp³-hybridized carbons (Fsp3) is 0.636. The minimum atomic E-state index is -0.429. The van der Waals surface area contributed by atoms with Crippen molar-refractivity contribution in [3.05, 3.63) is 35.4 Å². The van der Waals surface area contributed by atoms with Crippen molar-refractivity contribution in [2.75, 3.05) is 13.6 Å². The summed E-state index contributed by atoms with van der Waals surface area (Å²) < 4.78 is 0. The minimum absolute atomic E-state index is 0.0112. The highest BCUT2D eigenvalue weighted by molar-refractivity contribution is 5.89. The van der Waals surface area contributed by atoms with E-state index in [-0.39, 0.29) is 23.8 Å². The maximum Gasteiger partial charge on any atom is 0.245 e. The molecule has 0 bridgehead atoms. The highest BCUT2D eigenvalue weighted by atomic mass is 16.2. The Hall–Kier alpha value is -1.88. The van der Waals surface area contributed by atoms with Crippen molar-refractivity contribution in [2.45, 2.75) is 65.6 Å². The number of likely N-dealkylation sites (N-methyl/N-ethyl adjacent to an activating group) is 1. The number of nitrogens with two attached hydrogens (primary N) is 1. The summed E-state index contributed by atoms with van der Waals surface area (Å²) in [5.74, 6) is 0.388. The number of carbonyl (C=O) groups is 2. The van der Waals surface area contributed by atoms with E-state index in [0.717, 1.165) is 24.0 Å². The standard InChI is InChI=1S/C22H35N3O2/c1-6-16(4)21(26)25-14-18-10-8-7-9-17(18)13-20(25)22(27)24(5)12-11-19(23)15(2)3/h7-10,15-16,19-20H,6,11-14,23H2,1-5H3. The third-order valence-corrected chi connectivity index (χ3v) is 5.88. The predicted molar refractivity (Wildman–Crippen MR) is 109 cm³/mol. The first-order valence-electron chi connectivity index (χ1n) is 10.1. The molecule has 27 heavy (non-hydrogen) atoms. The van der Waals surface area contributed by atoms with Gasteiger partial charge in [0, 0.05) is 38.5 Å². The Balaban J connectivity index is 2.19. The molecule has 150 valence electrons. The Morgan fingerprint density at radius 2 is 1.85 bits per heavy atom. The number of nitrogens with zero attached hydrogens (tertiary/aromatic N) is 2. The van der Waals surface area contributed by atoms with Crippen LogP contribution in [0, 0.1) is 11.8 Å². The van der Waals surface area contributed by atoms with Crippen LogP contribution in [-0.2, 0) is 22.6 Å². The molecule has 1 aliphatic heterocycles. The van der Waals surface area contributed by atoms with Crippen molar-refractivity contribution in [1.29, 1.82) is 0 Å². The molecule has 0 saturated heterocycles. The normalized spacial score (nSPS) is 18.8. The molecule has 0 spiro atoms. The maximum absolute atomic E-state index is 13.2. The average Bonchev–Trinajstić information content (AvgIpc) is 2.68.